The highest BCUT2D eigenvalue weighted by Crippen LogP contribution is 1.97. The van der Waals surface area contributed by atoms with Crippen LogP contribution in [0.5, 0.6) is 0 Å². The highest BCUT2D eigenvalue weighted by atomic mass is 16.5. The SMILES string of the molecule is COCCN(CC(=O)O)C(=O)CN1CCNCC1. The van der Waals surface area contributed by atoms with Crippen LogP contribution in [0.15, 0.2) is 0 Å². The molecular formula is C11H21N3O4. The number of hydrogen-bond acceptors (Lipinski definition) is 5. The van der Waals surface area contributed by atoms with Crippen LogP contribution in [-0.2, 0) is 14.3 Å². The number of rotatable bonds is 7. The number of carbonyl (C=O) groups excluding carboxylic acids is 1. The predicted molar refractivity (Wildman–Crippen MR) is 65.4 cm³/mol. The van der Waals surface area contributed by atoms with Crippen LogP contribution in [0.25, 0.3) is 0 Å². The number of hydrogen-bond donors (Lipinski definition) is 2. The lowest BCUT2D eigenvalue weighted by Crippen LogP contribution is -2.49. The third kappa shape index (κ3) is 5.44. The van der Waals surface area contributed by atoms with E-state index in [1.165, 1.54) is 12.0 Å². The quantitative estimate of drug-likeness (QED) is 0.576. The molecule has 0 saturated carbocycles. The van der Waals surface area contributed by atoms with Crippen LogP contribution in [0, 0.1) is 0 Å². The van der Waals surface area contributed by atoms with Gasteiger partial charge in [-0.2, -0.15) is 0 Å². The van der Waals surface area contributed by atoms with Gasteiger partial charge in [-0.25, -0.2) is 0 Å². The van der Waals surface area contributed by atoms with Crippen molar-refractivity contribution in [2.45, 2.75) is 0 Å². The number of nitrogens with one attached hydrogen (secondary N) is 1. The Balaban J connectivity index is 2.43. The zero-order valence-electron chi connectivity index (χ0n) is 10.7. The zero-order valence-corrected chi connectivity index (χ0v) is 10.7. The molecule has 0 atom stereocenters. The molecule has 1 rings (SSSR count). The molecule has 1 saturated heterocycles. The molecule has 0 aliphatic carbocycles. The number of ether oxygens (including phenoxy) is 1. The lowest BCUT2D eigenvalue weighted by molar-refractivity contribution is -0.145. The predicted octanol–water partition coefficient (Wildman–Crippen LogP) is -1.55. The number of methoxy groups -OCH3 is 1. The molecule has 2 N–H and O–H groups in total. The molecule has 1 aliphatic heterocycles. The number of nitrogens with zero attached hydrogens (tertiary/aromatic N) is 2. The van der Waals surface area contributed by atoms with Gasteiger partial charge in [-0.3, -0.25) is 14.5 Å². The van der Waals surface area contributed by atoms with Gasteiger partial charge >= 0.3 is 5.97 Å². The standard InChI is InChI=1S/C11H21N3O4/c1-18-7-6-14(9-11(16)17)10(15)8-13-4-2-12-3-5-13/h12H,2-9H2,1H3,(H,16,17). The second-order valence-corrected chi connectivity index (χ2v) is 4.23. The van der Waals surface area contributed by atoms with E-state index in [9.17, 15) is 9.59 Å². The van der Waals surface area contributed by atoms with Gasteiger partial charge in [0.15, 0.2) is 0 Å². The minimum Gasteiger partial charge on any atom is -0.480 e. The summed E-state index contributed by atoms with van der Waals surface area (Å²) in [6, 6.07) is 0. The van der Waals surface area contributed by atoms with Crippen molar-refractivity contribution < 1.29 is 19.4 Å². The van der Waals surface area contributed by atoms with Crippen LogP contribution in [0.2, 0.25) is 0 Å². The molecule has 1 amide bonds. The van der Waals surface area contributed by atoms with Crippen molar-refractivity contribution in [1.82, 2.24) is 15.1 Å². The smallest absolute Gasteiger partial charge is 0.323 e. The zero-order chi connectivity index (χ0) is 13.4. The number of carboxylic acids is 1. The first-order valence-electron chi connectivity index (χ1n) is 6.05. The minimum absolute atomic E-state index is 0.156. The Morgan fingerprint density at radius 2 is 2.06 bits per heavy atom. The molecule has 1 fully saturated rings. The van der Waals surface area contributed by atoms with E-state index < -0.39 is 5.97 Å². The van der Waals surface area contributed by atoms with Crippen LogP contribution in [0.3, 0.4) is 0 Å². The summed E-state index contributed by atoms with van der Waals surface area (Å²) in [5.41, 5.74) is 0. The summed E-state index contributed by atoms with van der Waals surface area (Å²) in [4.78, 5) is 26.1. The molecule has 7 heteroatoms. The maximum absolute atomic E-state index is 12.0. The average Bonchev–Trinajstić information content (AvgIpc) is 2.35. The maximum Gasteiger partial charge on any atom is 0.323 e. The number of amides is 1. The van der Waals surface area contributed by atoms with Crippen LogP contribution < -0.4 is 5.32 Å². The monoisotopic (exact) mass is 259 g/mol. The van der Waals surface area contributed by atoms with Gasteiger partial charge in [0.2, 0.25) is 5.91 Å². The largest absolute Gasteiger partial charge is 0.480 e. The van der Waals surface area contributed by atoms with Crippen LogP contribution in [0.4, 0.5) is 0 Å². The summed E-state index contributed by atoms with van der Waals surface area (Å²) >= 11 is 0. The number of aliphatic carboxylic acids is 1. The Morgan fingerprint density at radius 3 is 2.61 bits per heavy atom. The van der Waals surface area contributed by atoms with E-state index in [1.54, 1.807) is 0 Å². The number of piperazine rings is 1. The summed E-state index contributed by atoms with van der Waals surface area (Å²) in [6.07, 6.45) is 0. The molecule has 0 bridgehead atoms. The molecule has 0 aromatic heterocycles. The van der Waals surface area contributed by atoms with Gasteiger partial charge in [0, 0.05) is 39.8 Å². The molecule has 1 heterocycles. The van der Waals surface area contributed by atoms with Gasteiger partial charge < -0.3 is 20.1 Å². The van der Waals surface area contributed by atoms with Crippen LogP contribution >= 0.6 is 0 Å². The normalized spacial score (nSPS) is 16.5. The Morgan fingerprint density at radius 1 is 1.39 bits per heavy atom. The first-order chi connectivity index (χ1) is 8.63. The topological polar surface area (TPSA) is 82.1 Å². The van der Waals surface area contributed by atoms with Crippen molar-refractivity contribution in [3.63, 3.8) is 0 Å². The van der Waals surface area contributed by atoms with Crippen molar-refractivity contribution in [1.29, 1.82) is 0 Å². The van der Waals surface area contributed by atoms with E-state index in [0.717, 1.165) is 26.2 Å². The summed E-state index contributed by atoms with van der Waals surface area (Å²) in [7, 11) is 1.53. The number of carboxylic acid groups (broad SMARTS) is 1. The summed E-state index contributed by atoms with van der Waals surface area (Å²) in [5, 5.41) is 12.0. The van der Waals surface area contributed by atoms with E-state index in [4.69, 9.17) is 9.84 Å². The summed E-state index contributed by atoms with van der Waals surface area (Å²) in [6.45, 7) is 4.03. The molecule has 7 nitrogen and oxygen atoms in total. The molecule has 0 unspecified atom stereocenters. The Hall–Kier alpha value is -1.18. The van der Waals surface area contributed by atoms with Gasteiger partial charge in [0.1, 0.15) is 6.54 Å². The van der Waals surface area contributed by atoms with E-state index in [1.807, 2.05) is 4.90 Å². The second kappa shape index (κ2) is 8.02. The van der Waals surface area contributed by atoms with Gasteiger partial charge in [-0.15, -0.1) is 0 Å². The fraction of sp³-hybridized carbons (Fsp3) is 0.818. The Labute approximate surface area is 107 Å². The van der Waals surface area contributed by atoms with Crippen LogP contribution in [0.1, 0.15) is 0 Å². The van der Waals surface area contributed by atoms with Crippen LogP contribution in [-0.4, -0.2) is 86.3 Å². The molecule has 1 aliphatic rings. The second-order valence-electron chi connectivity index (χ2n) is 4.23. The molecule has 18 heavy (non-hydrogen) atoms. The van der Waals surface area contributed by atoms with Crippen molar-refractivity contribution in [3.8, 4) is 0 Å². The third-order valence-electron chi connectivity index (χ3n) is 2.81. The van der Waals surface area contributed by atoms with Gasteiger partial charge in [0.25, 0.3) is 0 Å². The van der Waals surface area contributed by atoms with Gasteiger partial charge in [-0.1, -0.05) is 0 Å². The maximum atomic E-state index is 12.0. The van der Waals surface area contributed by atoms with Gasteiger partial charge in [0.05, 0.1) is 13.2 Å². The first kappa shape index (κ1) is 14.9. The molecular weight excluding hydrogens is 238 g/mol. The van der Waals surface area contributed by atoms with E-state index in [0.29, 0.717) is 13.2 Å². The van der Waals surface area contributed by atoms with Crippen molar-refractivity contribution in [3.05, 3.63) is 0 Å². The van der Waals surface area contributed by atoms with E-state index in [2.05, 4.69) is 5.32 Å². The van der Waals surface area contributed by atoms with E-state index >= 15 is 0 Å². The average molecular weight is 259 g/mol. The highest BCUT2D eigenvalue weighted by Gasteiger charge is 2.20. The summed E-state index contributed by atoms with van der Waals surface area (Å²) in [5.74, 6) is -1.16. The third-order valence-corrected chi connectivity index (χ3v) is 2.81. The molecule has 0 radical (unpaired) electrons. The number of carbonyl (C=O) groups is 2. The first-order valence-corrected chi connectivity index (χ1v) is 6.05. The van der Waals surface area contributed by atoms with Gasteiger partial charge in [-0.05, 0) is 0 Å². The Kier molecular flexibility index (Phi) is 6.63. The molecule has 104 valence electrons. The van der Waals surface area contributed by atoms with Crippen molar-refractivity contribution in [2.24, 2.45) is 0 Å². The van der Waals surface area contributed by atoms with E-state index in [-0.39, 0.29) is 19.0 Å². The molecule has 0 aromatic carbocycles. The lowest BCUT2D eigenvalue weighted by atomic mass is 10.3. The molecule has 0 spiro atoms. The fourth-order valence-corrected chi connectivity index (χ4v) is 1.82. The molecule has 0 aromatic rings. The van der Waals surface area contributed by atoms with Crippen molar-refractivity contribution >= 4 is 11.9 Å². The summed E-state index contributed by atoms with van der Waals surface area (Å²) < 4.78 is 4.88. The van der Waals surface area contributed by atoms with Crippen molar-refractivity contribution in [2.75, 3.05) is 59.5 Å². The fourth-order valence-electron chi connectivity index (χ4n) is 1.82. The lowest BCUT2D eigenvalue weighted by Gasteiger charge is -2.29. The highest BCUT2D eigenvalue weighted by molar-refractivity contribution is 5.82. The Bertz CT molecular complexity index is 279. The minimum atomic E-state index is -1.00.